The van der Waals surface area contributed by atoms with Gasteiger partial charge in [0.1, 0.15) is 11.4 Å². The second-order valence-electron chi connectivity index (χ2n) is 5.62. The lowest BCUT2D eigenvalue weighted by atomic mass is 10.1. The Kier molecular flexibility index (Phi) is 5.30. The molecule has 3 aromatic rings. The maximum atomic E-state index is 13.8. The predicted molar refractivity (Wildman–Crippen MR) is 98.7 cm³/mol. The van der Waals surface area contributed by atoms with E-state index in [4.69, 9.17) is 4.74 Å². The maximum Gasteiger partial charge on any atom is 0.341 e. The molecule has 7 heteroatoms. The van der Waals surface area contributed by atoms with Crippen LogP contribution < -0.4 is 5.32 Å². The van der Waals surface area contributed by atoms with Crippen molar-refractivity contribution in [3.63, 3.8) is 0 Å². The summed E-state index contributed by atoms with van der Waals surface area (Å²) in [6.07, 6.45) is 1.39. The third kappa shape index (κ3) is 3.87. The van der Waals surface area contributed by atoms with Gasteiger partial charge in [-0.05, 0) is 49.4 Å². The minimum Gasteiger partial charge on any atom is -0.465 e. The van der Waals surface area contributed by atoms with E-state index in [0.29, 0.717) is 27.8 Å². The number of halogens is 1. The van der Waals surface area contributed by atoms with Crippen molar-refractivity contribution in [1.29, 1.82) is 0 Å². The molecular weight excluding hydrogens is 351 g/mol. The van der Waals surface area contributed by atoms with Crippen LogP contribution in [0.4, 0.5) is 15.8 Å². The minimum absolute atomic E-state index is 0.187. The number of nitrogens with zero attached hydrogens (tertiary/aromatic N) is 1. The first-order valence-corrected chi connectivity index (χ1v) is 8.24. The molecule has 138 valence electrons. The van der Waals surface area contributed by atoms with Crippen LogP contribution in [0.2, 0.25) is 0 Å². The number of pyridine rings is 1. The summed E-state index contributed by atoms with van der Waals surface area (Å²) in [5.41, 5.74) is 2.08. The second-order valence-corrected chi connectivity index (χ2v) is 5.62. The SMILES string of the molecule is CCOC(=O)c1cnc2ccc(F)cc2c1Nc1ccc(C(=O)OC)cc1. The first kappa shape index (κ1) is 18.3. The fourth-order valence-electron chi connectivity index (χ4n) is 2.61. The van der Waals surface area contributed by atoms with Crippen LogP contribution in [0.25, 0.3) is 10.9 Å². The summed E-state index contributed by atoms with van der Waals surface area (Å²) in [5.74, 6) is -1.47. The maximum absolute atomic E-state index is 13.8. The molecule has 0 aliphatic carbocycles. The molecule has 0 spiro atoms. The van der Waals surface area contributed by atoms with Crippen molar-refractivity contribution in [2.75, 3.05) is 19.0 Å². The molecule has 6 nitrogen and oxygen atoms in total. The molecule has 2 aromatic carbocycles. The highest BCUT2D eigenvalue weighted by Crippen LogP contribution is 2.30. The van der Waals surface area contributed by atoms with Crippen LogP contribution in [-0.2, 0) is 9.47 Å². The molecule has 0 aliphatic heterocycles. The molecule has 0 aliphatic rings. The van der Waals surface area contributed by atoms with Crippen LogP contribution in [-0.4, -0.2) is 30.6 Å². The van der Waals surface area contributed by atoms with Crippen molar-refractivity contribution < 1.29 is 23.5 Å². The molecule has 0 radical (unpaired) electrons. The van der Waals surface area contributed by atoms with Gasteiger partial charge in [-0.1, -0.05) is 0 Å². The van der Waals surface area contributed by atoms with Gasteiger partial charge in [0.15, 0.2) is 0 Å². The molecule has 0 unspecified atom stereocenters. The second kappa shape index (κ2) is 7.82. The average molecular weight is 368 g/mol. The van der Waals surface area contributed by atoms with Crippen LogP contribution >= 0.6 is 0 Å². The number of carbonyl (C=O) groups excluding carboxylic acids is 2. The fourth-order valence-corrected chi connectivity index (χ4v) is 2.61. The van der Waals surface area contributed by atoms with E-state index in [-0.39, 0.29) is 12.2 Å². The quantitative estimate of drug-likeness (QED) is 0.684. The van der Waals surface area contributed by atoms with E-state index in [1.807, 2.05) is 0 Å². The van der Waals surface area contributed by atoms with Gasteiger partial charge in [0.25, 0.3) is 0 Å². The molecule has 1 N–H and O–H groups in total. The number of rotatable bonds is 5. The number of nitrogens with one attached hydrogen (secondary N) is 1. The molecule has 0 bridgehead atoms. The molecule has 0 fully saturated rings. The zero-order chi connectivity index (χ0) is 19.4. The third-order valence-corrected chi connectivity index (χ3v) is 3.90. The number of benzene rings is 2. The minimum atomic E-state index is -0.565. The van der Waals surface area contributed by atoms with Crippen molar-refractivity contribution in [2.45, 2.75) is 6.92 Å². The van der Waals surface area contributed by atoms with E-state index in [1.165, 1.54) is 31.5 Å². The summed E-state index contributed by atoms with van der Waals surface area (Å²) >= 11 is 0. The summed E-state index contributed by atoms with van der Waals surface area (Å²) in [6, 6.07) is 10.6. The summed E-state index contributed by atoms with van der Waals surface area (Å²) in [4.78, 5) is 28.1. The molecule has 1 aromatic heterocycles. The molecule has 3 rings (SSSR count). The van der Waals surface area contributed by atoms with Crippen molar-refractivity contribution in [1.82, 2.24) is 4.98 Å². The van der Waals surface area contributed by atoms with Gasteiger partial charge in [0, 0.05) is 17.3 Å². The molecular formula is C20H17FN2O4. The Balaban J connectivity index is 2.07. The van der Waals surface area contributed by atoms with Gasteiger partial charge in [-0.15, -0.1) is 0 Å². The van der Waals surface area contributed by atoms with Gasteiger partial charge in [-0.3, -0.25) is 4.98 Å². The number of fused-ring (bicyclic) bond motifs is 1. The van der Waals surface area contributed by atoms with Crippen molar-refractivity contribution in [3.8, 4) is 0 Å². The lowest BCUT2D eigenvalue weighted by Gasteiger charge is -2.14. The van der Waals surface area contributed by atoms with Gasteiger partial charge < -0.3 is 14.8 Å². The highest BCUT2D eigenvalue weighted by atomic mass is 19.1. The lowest BCUT2D eigenvalue weighted by Crippen LogP contribution is -2.09. The van der Waals surface area contributed by atoms with Crippen LogP contribution in [0, 0.1) is 5.82 Å². The highest BCUT2D eigenvalue weighted by molar-refractivity contribution is 6.06. The van der Waals surface area contributed by atoms with Crippen molar-refractivity contribution in [2.24, 2.45) is 0 Å². The molecule has 0 atom stereocenters. The Morgan fingerprint density at radius 1 is 1.11 bits per heavy atom. The Morgan fingerprint density at radius 3 is 2.52 bits per heavy atom. The molecule has 0 amide bonds. The number of ether oxygens (including phenoxy) is 2. The average Bonchev–Trinajstić information content (AvgIpc) is 2.68. The van der Waals surface area contributed by atoms with Gasteiger partial charge in [0.2, 0.25) is 0 Å². The third-order valence-electron chi connectivity index (χ3n) is 3.90. The topological polar surface area (TPSA) is 77.5 Å². The number of carbonyl (C=O) groups is 2. The predicted octanol–water partition coefficient (Wildman–Crippen LogP) is 4.08. The Bertz CT molecular complexity index is 1000. The van der Waals surface area contributed by atoms with E-state index in [0.717, 1.165) is 0 Å². The van der Waals surface area contributed by atoms with Crippen LogP contribution in [0.15, 0.2) is 48.7 Å². The van der Waals surface area contributed by atoms with Gasteiger partial charge in [-0.2, -0.15) is 0 Å². The number of anilines is 2. The normalized spacial score (nSPS) is 10.5. The number of esters is 2. The Labute approximate surface area is 154 Å². The zero-order valence-electron chi connectivity index (χ0n) is 14.8. The van der Waals surface area contributed by atoms with Crippen molar-refractivity contribution in [3.05, 3.63) is 65.6 Å². The monoisotopic (exact) mass is 368 g/mol. The van der Waals surface area contributed by atoms with E-state index >= 15 is 0 Å². The molecule has 0 saturated heterocycles. The van der Waals surface area contributed by atoms with Crippen LogP contribution in [0.5, 0.6) is 0 Å². The van der Waals surface area contributed by atoms with E-state index in [9.17, 15) is 14.0 Å². The number of hydrogen-bond donors (Lipinski definition) is 1. The van der Waals surface area contributed by atoms with Crippen molar-refractivity contribution >= 4 is 34.2 Å². The zero-order valence-corrected chi connectivity index (χ0v) is 14.8. The summed E-state index contributed by atoms with van der Waals surface area (Å²) in [7, 11) is 1.30. The number of hydrogen-bond acceptors (Lipinski definition) is 6. The Morgan fingerprint density at radius 2 is 1.85 bits per heavy atom. The summed E-state index contributed by atoms with van der Waals surface area (Å²) in [5, 5.41) is 3.55. The molecule has 1 heterocycles. The summed E-state index contributed by atoms with van der Waals surface area (Å²) in [6.45, 7) is 1.90. The standard InChI is InChI=1S/C20H17FN2O4/c1-3-27-20(25)16-11-22-17-9-6-13(21)10-15(17)18(16)23-14-7-4-12(5-8-14)19(24)26-2/h4-11H,3H2,1-2H3,(H,22,23). The Hall–Kier alpha value is -3.48. The van der Waals surface area contributed by atoms with Gasteiger partial charge in [-0.25, -0.2) is 14.0 Å². The lowest BCUT2D eigenvalue weighted by molar-refractivity contribution is 0.0526. The molecule has 0 saturated carbocycles. The van der Waals surface area contributed by atoms with Crippen LogP contribution in [0.3, 0.4) is 0 Å². The van der Waals surface area contributed by atoms with Gasteiger partial charge in [0.05, 0.1) is 30.5 Å². The number of aromatic nitrogens is 1. The van der Waals surface area contributed by atoms with E-state index in [1.54, 1.807) is 31.2 Å². The largest absolute Gasteiger partial charge is 0.465 e. The first-order chi connectivity index (χ1) is 13.0. The van der Waals surface area contributed by atoms with Crippen LogP contribution in [0.1, 0.15) is 27.6 Å². The fraction of sp³-hybridized carbons (Fsp3) is 0.150. The first-order valence-electron chi connectivity index (χ1n) is 8.24. The molecule has 27 heavy (non-hydrogen) atoms. The summed E-state index contributed by atoms with van der Waals surface area (Å²) < 4.78 is 23.5. The van der Waals surface area contributed by atoms with Gasteiger partial charge >= 0.3 is 11.9 Å². The van der Waals surface area contributed by atoms with E-state index in [2.05, 4.69) is 15.0 Å². The van der Waals surface area contributed by atoms with E-state index < -0.39 is 17.8 Å². The highest BCUT2D eigenvalue weighted by Gasteiger charge is 2.17. The smallest absolute Gasteiger partial charge is 0.341 e. The number of methoxy groups -OCH3 is 1.